The number of hydrogen-bond donors (Lipinski definition) is 1. The highest BCUT2D eigenvalue weighted by atomic mass is 35.5. The molecule has 2 rings (SSSR count). The van der Waals surface area contributed by atoms with Gasteiger partial charge in [-0.05, 0) is 33.3 Å². The Labute approximate surface area is 135 Å². The quantitative estimate of drug-likeness (QED) is 0.860. The average Bonchev–Trinajstić information content (AvgIpc) is 2.37. The van der Waals surface area contributed by atoms with Crippen molar-refractivity contribution in [1.29, 1.82) is 0 Å². The zero-order valence-electron chi connectivity index (χ0n) is 13.1. The largest absolute Gasteiger partial charge is 0.490 e. The predicted octanol–water partition coefficient (Wildman–Crippen LogP) is 2.58. The van der Waals surface area contributed by atoms with Gasteiger partial charge in [0.05, 0.1) is 12.2 Å². The lowest BCUT2D eigenvalue weighted by atomic mass is 10.1. The maximum Gasteiger partial charge on any atom is 0.410 e. The molecule has 0 aliphatic carbocycles. The Morgan fingerprint density at radius 3 is 2.82 bits per heavy atom. The molecule has 0 spiro atoms. The predicted molar refractivity (Wildman–Crippen MR) is 84.0 cm³/mol. The highest BCUT2D eigenvalue weighted by Gasteiger charge is 2.35. The van der Waals surface area contributed by atoms with Crippen molar-refractivity contribution in [3.05, 3.63) is 23.0 Å². The van der Waals surface area contributed by atoms with Crippen molar-refractivity contribution in [3.63, 3.8) is 0 Å². The number of rotatable bonds is 4. The first-order valence-electron chi connectivity index (χ1n) is 7.27. The molecule has 0 radical (unpaired) electrons. The minimum Gasteiger partial charge on any atom is -0.490 e. The number of hydrogen-bond acceptors (Lipinski definition) is 5. The van der Waals surface area contributed by atoms with E-state index in [2.05, 4.69) is 4.98 Å². The number of nitrogens with zero attached hydrogens (tertiary/aromatic N) is 2. The molecule has 22 heavy (non-hydrogen) atoms. The van der Waals surface area contributed by atoms with Gasteiger partial charge in [0.25, 0.3) is 0 Å². The van der Waals surface area contributed by atoms with Gasteiger partial charge in [-0.25, -0.2) is 9.78 Å². The summed E-state index contributed by atoms with van der Waals surface area (Å²) in [5.74, 6) is 0.598. The van der Waals surface area contributed by atoms with Crippen LogP contribution in [0.25, 0.3) is 0 Å². The van der Waals surface area contributed by atoms with E-state index in [0.717, 1.165) is 12.0 Å². The molecule has 2 heterocycles. The van der Waals surface area contributed by atoms with E-state index in [1.54, 1.807) is 17.2 Å². The second-order valence-corrected chi connectivity index (χ2v) is 6.61. The fourth-order valence-corrected chi connectivity index (χ4v) is 2.24. The lowest BCUT2D eigenvalue weighted by Gasteiger charge is -2.40. The van der Waals surface area contributed by atoms with Crippen LogP contribution in [0, 0.1) is 0 Å². The number of nitrogens with two attached hydrogens (primary N) is 1. The third-order valence-electron chi connectivity index (χ3n) is 3.32. The van der Waals surface area contributed by atoms with Gasteiger partial charge >= 0.3 is 6.09 Å². The molecule has 1 saturated heterocycles. The summed E-state index contributed by atoms with van der Waals surface area (Å²) in [6.07, 6.45) is 2.14. The third kappa shape index (κ3) is 4.24. The fourth-order valence-electron chi connectivity index (χ4n) is 2.06. The summed E-state index contributed by atoms with van der Waals surface area (Å²) in [4.78, 5) is 17.7. The molecule has 1 aromatic rings. The molecule has 6 nitrogen and oxygen atoms in total. The Kier molecular flexibility index (Phi) is 5.13. The Morgan fingerprint density at radius 2 is 2.27 bits per heavy atom. The second-order valence-electron chi connectivity index (χ2n) is 6.25. The molecule has 0 unspecified atom stereocenters. The van der Waals surface area contributed by atoms with E-state index in [9.17, 15) is 4.79 Å². The molecule has 7 heteroatoms. The fraction of sp³-hybridized carbons (Fsp3) is 0.600. The Bertz CT molecular complexity index is 545. The van der Waals surface area contributed by atoms with Crippen LogP contribution >= 0.6 is 11.6 Å². The molecule has 1 atom stereocenters. The molecule has 0 aromatic carbocycles. The van der Waals surface area contributed by atoms with Gasteiger partial charge in [0.1, 0.15) is 23.1 Å². The minimum absolute atomic E-state index is 0.0202. The zero-order chi connectivity index (χ0) is 16.3. The van der Waals surface area contributed by atoms with Crippen molar-refractivity contribution >= 4 is 17.7 Å². The molecule has 2 N–H and O–H groups in total. The minimum atomic E-state index is -0.492. The molecule has 1 aromatic heterocycles. The number of carbonyl (C=O) groups excluding carboxylic acids is 1. The van der Waals surface area contributed by atoms with Gasteiger partial charge in [0, 0.05) is 18.7 Å². The highest BCUT2D eigenvalue weighted by Crippen LogP contribution is 2.23. The number of amides is 1. The monoisotopic (exact) mass is 327 g/mol. The van der Waals surface area contributed by atoms with Crippen LogP contribution in [-0.4, -0.2) is 40.8 Å². The van der Waals surface area contributed by atoms with Crippen molar-refractivity contribution in [2.75, 3.05) is 13.2 Å². The first-order chi connectivity index (χ1) is 10.3. The second kappa shape index (κ2) is 6.71. The highest BCUT2D eigenvalue weighted by molar-refractivity contribution is 6.30. The Hall–Kier alpha value is -1.53. The molecule has 1 amide bonds. The van der Waals surface area contributed by atoms with Crippen LogP contribution < -0.4 is 10.5 Å². The van der Waals surface area contributed by atoms with Gasteiger partial charge in [-0.1, -0.05) is 11.6 Å². The van der Waals surface area contributed by atoms with Crippen molar-refractivity contribution in [3.8, 4) is 5.75 Å². The van der Waals surface area contributed by atoms with Gasteiger partial charge in [-0.3, -0.25) is 0 Å². The number of carbonyl (C=O) groups is 1. The smallest absolute Gasteiger partial charge is 0.410 e. The number of aromatic nitrogens is 1. The molecule has 122 valence electrons. The van der Waals surface area contributed by atoms with Gasteiger partial charge < -0.3 is 20.1 Å². The van der Waals surface area contributed by atoms with Gasteiger partial charge in [-0.2, -0.15) is 0 Å². The van der Waals surface area contributed by atoms with Crippen molar-refractivity contribution in [2.45, 2.75) is 45.4 Å². The van der Waals surface area contributed by atoms with Crippen molar-refractivity contribution in [2.24, 2.45) is 5.73 Å². The third-order valence-corrected chi connectivity index (χ3v) is 3.66. The lowest BCUT2D eigenvalue weighted by Crippen LogP contribution is -2.55. The van der Waals surface area contributed by atoms with E-state index in [4.69, 9.17) is 26.8 Å². The van der Waals surface area contributed by atoms with E-state index >= 15 is 0 Å². The van der Waals surface area contributed by atoms with E-state index in [-0.39, 0.29) is 12.1 Å². The molecule has 1 fully saturated rings. The van der Waals surface area contributed by atoms with Gasteiger partial charge in [0.15, 0.2) is 0 Å². The van der Waals surface area contributed by atoms with E-state index in [1.165, 1.54) is 0 Å². The summed E-state index contributed by atoms with van der Waals surface area (Å²) in [6.45, 7) is 6.94. The maximum atomic E-state index is 12.0. The normalized spacial score (nSPS) is 17.9. The summed E-state index contributed by atoms with van der Waals surface area (Å²) in [7, 11) is 0. The zero-order valence-corrected chi connectivity index (χ0v) is 13.9. The van der Waals surface area contributed by atoms with Crippen LogP contribution in [0.4, 0.5) is 4.79 Å². The summed E-state index contributed by atoms with van der Waals surface area (Å²) in [6, 6.07) is 1.79. The molecule has 0 saturated carbocycles. The number of ether oxygens (including phenoxy) is 2. The molecule has 1 aliphatic heterocycles. The summed E-state index contributed by atoms with van der Waals surface area (Å²) >= 11 is 5.91. The SMILES string of the molecule is CC(C)(C)OC(=O)N1CC[C@H]1COc1cnc(Cl)c(CN)c1. The van der Waals surface area contributed by atoms with E-state index in [1.807, 2.05) is 20.8 Å². The molecule has 0 bridgehead atoms. The number of likely N-dealkylation sites (tertiary alicyclic amines) is 1. The van der Waals surface area contributed by atoms with Crippen LogP contribution in [0.3, 0.4) is 0 Å². The van der Waals surface area contributed by atoms with E-state index in [0.29, 0.717) is 30.6 Å². The molecular formula is C15H22ClN3O3. The lowest BCUT2D eigenvalue weighted by molar-refractivity contribution is -0.0141. The van der Waals surface area contributed by atoms with Crippen LogP contribution in [0.2, 0.25) is 5.15 Å². The number of pyridine rings is 1. The number of halogens is 1. The van der Waals surface area contributed by atoms with E-state index < -0.39 is 5.60 Å². The Balaban J connectivity index is 1.88. The summed E-state index contributed by atoms with van der Waals surface area (Å²) in [5.41, 5.74) is 5.83. The van der Waals surface area contributed by atoms with Crippen LogP contribution in [0.15, 0.2) is 12.3 Å². The maximum absolute atomic E-state index is 12.0. The molecular weight excluding hydrogens is 306 g/mol. The van der Waals surface area contributed by atoms with Crippen LogP contribution in [0.1, 0.15) is 32.8 Å². The summed E-state index contributed by atoms with van der Waals surface area (Å²) < 4.78 is 11.1. The van der Waals surface area contributed by atoms with Crippen LogP contribution in [-0.2, 0) is 11.3 Å². The summed E-state index contributed by atoms with van der Waals surface area (Å²) in [5, 5.41) is 0.383. The standard InChI is InChI=1S/C15H22ClN3O3/c1-15(2,3)22-14(20)19-5-4-11(19)9-21-12-6-10(7-17)13(16)18-8-12/h6,8,11H,4-5,7,9,17H2,1-3H3/t11-/m0/s1. The molecule has 1 aliphatic rings. The first kappa shape index (κ1) is 16.8. The Morgan fingerprint density at radius 1 is 1.55 bits per heavy atom. The van der Waals surface area contributed by atoms with Crippen molar-refractivity contribution in [1.82, 2.24) is 9.88 Å². The average molecular weight is 328 g/mol. The van der Waals surface area contributed by atoms with Crippen molar-refractivity contribution < 1.29 is 14.3 Å². The topological polar surface area (TPSA) is 77.7 Å². The van der Waals surface area contributed by atoms with Crippen LogP contribution in [0.5, 0.6) is 5.75 Å². The first-order valence-corrected chi connectivity index (χ1v) is 7.65. The van der Waals surface area contributed by atoms with Gasteiger partial charge in [0.2, 0.25) is 0 Å². The van der Waals surface area contributed by atoms with Gasteiger partial charge in [-0.15, -0.1) is 0 Å².